The quantitative estimate of drug-likeness (QED) is 0.782. The Bertz CT molecular complexity index is 561. The van der Waals surface area contributed by atoms with Gasteiger partial charge >= 0.3 is 5.97 Å². The molecule has 7 heteroatoms. The SMILES string of the molecule is CC(C)(C)c1nc(C(=O)NC2CCCC2(C)C(=O)O)n[nH]1. The molecule has 1 aliphatic carbocycles. The third kappa shape index (κ3) is 2.91. The normalized spacial score (nSPS) is 25.8. The molecule has 1 fully saturated rings. The fourth-order valence-corrected chi connectivity index (χ4v) is 2.58. The number of aliphatic carboxylic acids is 1. The first kappa shape index (κ1) is 15.5. The van der Waals surface area contributed by atoms with Gasteiger partial charge in [0, 0.05) is 11.5 Å². The average Bonchev–Trinajstić information content (AvgIpc) is 2.97. The lowest BCUT2D eigenvalue weighted by molar-refractivity contribution is -0.148. The molecule has 0 aliphatic heterocycles. The lowest BCUT2D eigenvalue weighted by Gasteiger charge is -2.27. The van der Waals surface area contributed by atoms with E-state index in [4.69, 9.17) is 0 Å². The van der Waals surface area contributed by atoms with Gasteiger partial charge in [-0.3, -0.25) is 14.7 Å². The van der Waals surface area contributed by atoms with E-state index in [-0.39, 0.29) is 17.3 Å². The molecule has 0 bridgehead atoms. The van der Waals surface area contributed by atoms with E-state index in [2.05, 4.69) is 20.5 Å². The van der Waals surface area contributed by atoms with Crippen LogP contribution in [-0.4, -0.2) is 38.2 Å². The number of aromatic nitrogens is 3. The predicted molar refractivity (Wildman–Crippen MR) is 75.9 cm³/mol. The number of aromatic amines is 1. The largest absolute Gasteiger partial charge is 0.481 e. The Morgan fingerprint density at radius 2 is 2.10 bits per heavy atom. The molecule has 1 heterocycles. The van der Waals surface area contributed by atoms with Crippen LogP contribution in [0.15, 0.2) is 0 Å². The van der Waals surface area contributed by atoms with Crippen LogP contribution in [0, 0.1) is 5.41 Å². The van der Waals surface area contributed by atoms with E-state index < -0.39 is 17.3 Å². The summed E-state index contributed by atoms with van der Waals surface area (Å²) in [6.45, 7) is 7.57. The van der Waals surface area contributed by atoms with Crippen LogP contribution in [0.1, 0.15) is 63.4 Å². The fraction of sp³-hybridized carbons (Fsp3) is 0.714. The number of carbonyl (C=O) groups excluding carboxylic acids is 1. The second-order valence-corrected chi connectivity index (χ2v) is 6.90. The van der Waals surface area contributed by atoms with Crippen molar-refractivity contribution in [3.63, 3.8) is 0 Å². The van der Waals surface area contributed by atoms with E-state index in [9.17, 15) is 14.7 Å². The number of H-pyrrole nitrogens is 1. The molecule has 1 aliphatic rings. The van der Waals surface area contributed by atoms with Crippen LogP contribution < -0.4 is 5.32 Å². The maximum Gasteiger partial charge on any atom is 0.311 e. The van der Waals surface area contributed by atoms with Crippen molar-refractivity contribution in [2.24, 2.45) is 5.41 Å². The number of amides is 1. The Kier molecular flexibility index (Phi) is 3.78. The summed E-state index contributed by atoms with van der Waals surface area (Å²) in [4.78, 5) is 27.8. The maximum absolute atomic E-state index is 12.2. The van der Waals surface area contributed by atoms with Gasteiger partial charge < -0.3 is 10.4 Å². The van der Waals surface area contributed by atoms with Crippen LogP contribution in [-0.2, 0) is 10.2 Å². The van der Waals surface area contributed by atoms with Crippen LogP contribution in [0.5, 0.6) is 0 Å². The molecule has 116 valence electrons. The average molecular weight is 294 g/mol. The van der Waals surface area contributed by atoms with Crippen LogP contribution in [0.2, 0.25) is 0 Å². The summed E-state index contributed by atoms with van der Waals surface area (Å²) in [5.74, 6) is -0.628. The Hall–Kier alpha value is -1.92. The van der Waals surface area contributed by atoms with Gasteiger partial charge in [-0.15, -0.1) is 5.10 Å². The molecule has 1 aromatic heterocycles. The number of carbonyl (C=O) groups is 2. The molecule has 2 atom stereocenters. The molecule has 1 aromatic rings. The van der Waals surface area contributed by atoms with Gasteiger partial charge in [0.25, 0.3) is 5.91 Å². The lowest BCUT2D eigenvalue weighted by atomic mass is 9.85. The van der Waals surface area contributed by atoms with Crippen molar-refractivity contribution < 1.29 is 14.7 Å². The van der Waals surface area contributed by atoms with E-state index in [1.807, 2.05) is 20.8 Å². The fourth-order valence-electron chi connectivity index (χ4n) is 2.58. The van der Waals surface area contributed by atoms with Gasteiger partial charge in [-0.05, 0) is 19.8 Å². The highest BCUT2D eigenvalue weighted by Gasteiger charge is 2.46. The minimum absolute atomic E-state index is 0.0552. The zero-order valence-corrected chi connectivity index (χ0v) is 12.9. The molecule has 2 rings (SSSR count). The van der Waals surface area contributed by atoms with Crippen molar-refractivity contribution >= 4 is 11.9 Å². The number of carboxylic acid groups (broad SMARTS) is 1. The highest BCUT2D eigenvalue weighted by atomic mass is 16.4. The third-order valence-electron chi connectivity index (χ3n) is 4.15. The Morgan fingerprint density at radius 1 is 1.43 bits per heavy atom. The summed E-state index contributed by atoms with van der Waals surface area (Å²) < 4.78 is 0. The summed E-state index contributed by atoms with van der Waals surface area (Å²) in [5.41, 5.74) is -1.15. The summed E-state index contributed by atoms with van der Waals surface area (Å²) in [5, 5.41) is 18.8. The first-order chi connectivity index (χ1) is 9.64. The molecule has 21 heavy (non-hydrogen) atoms. The molecule has 1 saturated carbocycles. The minimum Gasteiger partial charge on any atom is -0.481 e. The monoisotopic (exact) mass is 294 g/mol. The van der Waals surface area contributed by atoms with E-state index >= 15 is 0 Å². The van der Waals surface area contributed by atoms with Gasteiger partial charge in [0.15, 0.2) is 0 Å². The van der Waals surface area contributed by atoms with Crippen LogP contribution in [0.4, 0.5) is 0 Å². The highest BCUT2D eigenvalue weighted by molar-refractivity contribution is 5.91. The van der Waals surface area contributed by atoms with Crippen molar-refractivity contribution in [3.05, 3.63) is 11.6 Å². The Morgan fingerprint density at radius 3 is 2.62 bits per heavy atom. The first-order valence-corrected chi connectivity index (χ1v) is 7.12. The van der Waals surface area contributed by atoms with Crippen molar-refractivity contribution in [2.45, 2.75) is 58.4 Å². The molecular weight excluding hydrogens is 272 g/mol. The number of hydrogen-bond acceptors (Lipinski definition) is 4. The highest BCUT2D eigenvalue weighted by Crippen LogP contribution is 2.38. The van der Waals surface area contributed by atoms with Gasteiger partial charge in [-0.25, -0.2) is 4.98 Å². The topological polar surface area (TPSA) is 108 Å². The van der Waals surface area contributed by atoms with Gasteiger partial charge in [-0.2, -0.15) is 0 Å². The molecule has 0 spiro atoms. The molecule has 1 amide bonds. The molecule has 7 nitrogen and oxygen atoms in total. The number of nitrogens with one attached hydrogen (secondary N) is 2. The molecule has 2 unspecified atom stereocenters. The van der Waals surface area contributed by atoms with Gasteiger partial charge in [0.05, 0.1) is 5.41 Å². The third-order valence-corrected chi connectivity index (χ3v) is 4.15. The standard InChI is InChI=1S/C14H22N4O3/c1-13(2,3)11-16-9(17-18-11)10(19)15-8-6-5-7-14(8,4)12(20)21/h8H,5-7H2,1-4H3,(H,15,19)(H,20,21)(H,16,17,18). The molecule has 3 N–H and O–H groups in total. The molecule has 0 aromatic carbocycles. The van der Waals surface area contributed by atoms with E-state index in [0.717, 1.165) is 6.42 Å². The number of carboxylic acids is 1. The summed E-state index contributed by atoms with van der Waals surface area (Å²) >= 11 is 0. The first-order valence-electron chi connectivity index (χ1n) is 7.12. The molecule has 0 radical (unpaired) electrons. The molecular formula is C14H22N4O3. The lowest BCUT2D eigenvalue weighted by Crippen LogP contribution is -2.47. The smallest absolute Gasteiger partial charge is 0.311 e. The number of nitrogens with zero attached hydrogens (tertiary/aromatic N) is 2. The predicted octanol–water partition coefficient (Wildman–Crippen LogP) is 1.48. The van der Waals surface area contributed by atoms with Crippen molar-refractivity contribution in [1.82, 2.24) is 20.5 Å². The maximum atomic E-state index is 12.2. The summed E-state index contributed by atoms with van der Waals surface area (Å²) in [7, 11) is 0. The van der Waals surface area contributed by atoms with Gasteiger partial charge in [0.2, 0.25) is 5.82 Å². The van der Waals surface area contributed by atoms with Crippen LogP contribution in [0.3, 0.4) is 0 Å². The van der Waals surface area contributed by atoms with Crippen molar-refractivity contribution in [2.75, 3.05) is 0 Å². The second-order valence-electron chi connectivity index (χ2n) is 6.90. The van der Waals surface area contributed by atoms with E-state index in [0.29, 0.717) is 18.7 Å². The zero-order chi connectivity index (χ0) is 15.8. The van der Waals surface area contributed by atoms with E-state index in [1.165, 1.54) is 0 Å². The van der Waals surface area contributed by atoms with Crippen LogP contribution >= 0.6 is 0 Å². The van der Waals surface area contributed by atoms with E-state index in [1.54, 1.807) is 6.92 Å². The zero-order valence-electron chi connectivity index (χ0n) is 12.9. The number of hydrogen-bond donors (Lipinski definition) is 3. The van der Waals surface area contributed by atoms with Crippen molar-refractivity contribution in [3.8, 4) is 0 Å². The summed E-state index contributed by atoms with van der Waals surface area (Å²) in [6.07, 6.45) is 2.01. The minimum atomic E-state index is -0.918. The Labute approximate surface area is 123 Å². The van der Waals surface area contributed by atoms with Crippen molar-refractivity contribution in [1.29, 1.82) is 0 Å². The number of rotatable bonds is 3. The van der Waals surface area contributed by atoms with Gasteiger partial charge in [0.1, 0.15) is 5.82 Å². The van der Waals surface area contributed by atoms with Crippen LogP contribution in [0.25, 0.3) is 0 Å². The Balaban J connectivity index is 2.12. The summed E-state index contributed by atoms with van der Waals surface area (Å²) in [6, 6.07) is -0.390. The molecule has 0 saturated heterocycles. The second kappa shape index (κ2) is 5.13. The van der Waals surface area contributed by atoms with Gasteiger partial charge in [-0.1, -0.05) is 27.2 Å².